The second-order valence-electron chi connectivity index (χ2n) is 4.17. The van der Waals surface area contributed by atoms with E-state index in [1.54, 1.807) is 0 Å². The van der Waals surface area contributed by atoms with Gasteiger partial charge < -0.3 is 15.2 Å². The van der Waals surface area contributed by atoms with E-state index in [1.165, 1.54) is 0 Å². The molecule has 0 spiro atoms. The van der Waals surface area contributed by atoms with Gasteiger partial charge in [-0.2, -0.15) is 0 Å². The normalized spacial score (nSPS) is 9.63. The number of aromatic nitrogens is 2. The molecule has 0 aliphatic carbocycles. The second-order valence-corrected chi connectivity index (χ2v) is 4.17. The molecular formula is C13H26IN5. The Labute approximate surface area is 133 Å². The number of hydrogen-bond donors (Lipinski definition) is 2. The molecule has 1 rings (SSSR count). The molecule has 6 heteroatoms. The van der Waals surface area contributed by atoms with Gasteiger partial charge in [-0.1, -0.05) is 0 Å². The highest BCUT2D eigenvalue weighted by molar-refractivity contribution is 14.0. The molecule has 2 N–H and O–H groups in total. The van der Waals surface area contributed by atoms with E-state index in [4.69, 9.17) is 0 Å². The first-order valence-electron chi connectivity index (χ1n) is 6.77. The van der Waals surface area contributed by atoms with E-state index in [9.17, 15) is 0 Å². The van der Waals surface area contributed by atoms with Crippen LogP contribution in [-0.4, -0.2) is 35.1 Å². The lowest BCUT2D eigenvalue weighted by Gasteiger charge is -2.09. The molecule has 0 unspecified atom stereocenters. The Morgan fingerprint density at radius 1 is 1.26 bits per heavy atom. The summed E-state index contributed by atoms with van der Waals surface area (Å²) >= 11 is 0. The van der Waals surface area contributed by atoms with Crippen molar-refractivity contribution in [3.8, 4) is 0 Å². The number of nitrogens with one attached hydrogen (secondary N) is 2. The molecule has 0 fully saturated rings. The average molecular weight is 379 g/mol. The van der Waals surface area contributed by atoms with Crippen LogP contribution >= 0.6 is 24.0 Å². The highest BCUT2D eigenvalue weighted by Crippen LogP contribution is 1.99. The summed E-state index contributed by atoms with van der Waals surface area (Å²) in [6.07, 6.45) is 6.10. The Hall–Kier alpha value is -0.790. The SMILES string of the molecule is CCNC(=NCCCCn1ccnc1C)NCC.I. The second kappa shape index (κ2) is 11.1. The van der Waals surface area contributed by atoms with Gasteiger partial charge in [-0.3, -0.25) is 4.99 Å². The highest BCUT2D eigenvalue weighted by atomic mass is 127. The van der Waals surface area contributed by atoms with Crippen molar-refractivity contribution >= 4 is 29.9 Å². The van der Waals surface area contributed by atoms with Crippen LogP contribution < -0.4 is 10.6 Å². The Morgan fingerprint density at radius 2 is 1.95 bits per heavy atom. The summed E-state index contributed by atoms with van der Waals surface area (Å²) in [5.41, 5.74) is 0. The Balaban J connectivity index is 0.00000324. The minimum Gasteiger partial charge on any atom is -0.357 e. The third kappa shape index (κ3) is 7.39. The van der Waals surface area contributed by atoms with E-state index >= 15 is 0 Å². The lowest BCUT2D eigenvalue weighted by Crippen LogP contribution is -2.37. The number of halogens is 1. The summed E-state index contributed by atoms with van der Waals surface area (Å²) in [5.74, 6) is 2.00. The monoisotopic (exact) mass is 379 g/mol. The van der Waals surface area contributed by atoms with Crippen LogP contribution in [0.1, 0.15) is 32.5 Å². The van der Waals surface area contributed by atoms with Crippen molar-refractivity contribution in [1.29, 1.82) is 0 Å². The van der Waals surface area contributed by atoms with Gasteiger partial charge in [0.05, 0.1) is 0 Å². The summed E-state index contributed by atoms with van der Waals surface area (Å²) in [4.78, 5) is 8.72. The number of rotatable bonds is 7. The van der Waals surface area contributed by atoms with Crippen LogP contribution in [0.5, 0.6) is 0 Å². The van der Waals surface area contributed by atoms with Crippen molar-refractivity contribution in [3.63, 3.8) is 0 Å². The number of guanidine groups is 1. The van der Waals surface area contributed by atoms with Crippen LogP contribution in [0.3, 0.4) is 0 Å². The lowest BCUT2D eigenvalue weighted by molar-refractivity contribution is 0.600. The van der Waals surface area contributed by atoms with Gasteiger partial charge in [0.2, 0.25) is 0 Å². The largest absolute Gasteiger partial charge is 0.357 e. The van der Waals surface area contributed by atoms with Crippen molar-refractivity contribution in [1.82, 2.24) is 20.2 Å². The zero-order valence-electron chi connectivity index (χ0n) is 12.1. The third-order valence-electron chi connectivity index (χ3n) is 2.69. The maximum atomic E-state index is 4.51. The topological polar surface area (TPSA) is 54.2 Å². The van der Waals surface area contributed by atoms with Gasteiger partial charge in [-0.15, -0.1) is 24.0 Å². The molecule has 1 heterocycles. The maximum Gasteiger partial charge on any atom is 0.191 e. The predicted octanol–water partition coefficient (Wildman–Crippen LogP) is 2.16. The van der Waals surface area contributed by atoms with E-state index in [-0.39, 0.29) is 24.0 Å². The van der Waals surface area contributed by atoms with E-state index in [1.807, 2.05) is 19.3 Å². The maximum absolute atomic E-state index is 4.51. The first-order chi connectivity index (χ1) is 8.77. The van der Waals surface area contributed by atoms with Crippen LogP contribution in [0.2, 0.25) is 0 Å². The van der Waals surface area contributed by atoms with Gasteiger partial charge >= 0.3 is 0 Å². The van der Waals surface area contributed by atoms with Crippen LogP contribution in [0.15, 0.2) is 17.4 Å². The summed E-state index contributed by atoms with van der Waals surface area (Å²) in [7, 11) is 0. The number of aliphatic imine (C=N–C) groups is 1. The van der Waals surface area contributed by atoms with E-state index in [0.29, 0.717) is 0 Å². The summed E-state index contributed by atoms with van der Waals surface area (Å²) < 4.78 is 2.18. The molecule has 1 aromatic rings. The van der Waals surface area contributed by atoms with Gasteiger partial charge in [-0.05, 0) is 33.6 Å². The molecule has 110 valence electrons. The highest BCUT2D eigenvalue weighted by Gasteiger charge is 1.97. The van der Waals surface area contributed by atoms with E-state index in [0.717, 1.165) is 50.8 Å². The van der Waals surface area contributed by atoms with E-state index < -0.39 is 0 Å². The molecule has 19 heavy (non-hydrogen) atoms. The van der Waals surface area contributed by atoms with Crippen molar-refractivity contribution in [2.75, 3.05) is 19.6 Å². The number of hydrogen-bond acceptors (Lipinski definition) is 2. The molecule has 0 aliphatic heterocycles. The Kier molecular flexibility index (Phi) is 10.6. The first-order valence-corrected chi connectivity index (χ1v) is 6.77. The average Bonchev–Trinajstić information content (AvgIpc) is 2.75. The van der Waals surface area contributed by atoms with Crippen molar-refractivity contribution < 1.29 is 0 Å². The smallest absolute Gasteiger partial charge is 0.191 e. The van der Waals surface area contributed by atoms with Crippen LogP contribution in [0.25, 0.3) is 0 Å². The predicted molar refractivity (Wildman–Crippen MR) is 91.3 cm³/mol. The fourth-order valence-electron chi connectivity index (χ4n) is 1.73. The van der Waals surface area contributed by atoms with Crippen LogP contribution in [0, 0.1) is 6.92 Å². The third-order valence-corrected chi connectivity index (χ3v) is 2.69. The molecule has 0 saturated carbocycles. The molecule has 0 amide bonds. The van der Waals surface area contributed by atoms with Crippen molar-refractivity contribution in [2.45, 2.75) is 40.2 Å². The lowest BCUT2D eigenvalue weighted by atomic mass is 10.3. The molecule has 0 saturated heterocycles. The fraction of sp³-hybridized carbons (Fsp3) is 0.692. The number of unbranched alkanes of at least 4 members (excludes halogenated alkanes) is 1. The summed E-state index contributed by atoms with van der Waals surface area (Å²) in [6, 6.07) is 0. The molecule has 0 radical (unpaired) electrons. The van der Waals surface area contributed by atoms with Crippen molar-refractivity contribution in [3.05, 3.63) is 18.2 Å². The van der Waals surface area contributed by atoms with Crippen LogP contribution in [-0.2, 0) is 6.54 Å². The molecular weight excluding hydrogens is 353 g/mol. The minimum atomic E-state index is 0. The molecule has 5 nitrogen and oxygen atoms in total. The summed E-state index contributed by atoms with van der Waals surface area (Å²) in [6.45, 7) is 9.89. The van der Waals surface area contributed by atoms with Crippen LogP contribution in [0.4, 0.5) is 0 Å². The standard InChI is InChI=1S/C13H25N5.HI/c1-4-14-13(15-5-2)17-8-6-7-10-18-11-9-16-12(18)3;/h9,11H,4-8,10H2,1-3H3,(H2,14,15,17);1H. The van der Waals surface area contributed by atoms with Gasteiger partial charge in [0.1, 0.15) is 5.82 Å². The molecule has 0 atom stereocenters. The molecule has 0 aromatic carbocycles. The van der Waals surface area contributed by atoms with E-state index in [2.05, 4.69) is 39.0 Å². The summed E-state index contributed by atoms with van der Waals surface area (Å²) in [5, 5.41) is 6.44. The Morgan fingerprint density at radius 3 is 2.47 bits per heavy atom. The number of imidazole rings is 1. The number of nitrogens with zero attached hydrogens (tertiary/aromatic N) is 3. The fourth-order valence-corrected chi connectivity index (χ4v) is 1.73. The zero-order valence-corrected chi connectivity index (χ0v) is 14.5. The molecule has 0 bridgehead atoms. The van der Waals surface area contributed by atoms with Gasteiger partial charge in [0.25, 0.3) is 0 Å². The first kappa shape index (κ1) is 18.2. The molecule has 0 aliphatic rings. The number of aryl methyl sites for hydroxylation is 2. The van der Waals surface area contributed by atoms with Crippen molar-refractivity contribution in [2.24, 2.45) is 4.99 Å². The van der Waals surface area contributed by atoms with Gasteiger partial charge in [0, 0.05) is 38.6 Å². The zero-order chi connectivity index (χ0) is 13.2. The quantitative estimate of drug-likeness (QED) is 0.331. The molecule has 1 aromatic heterocycles. The minimum absolute atomic E-state index is 0. The van der Waals surface area contributed by atoms with Gasteiger partial charge in [-0.25, -0.2) is 4.98 Å². The Bertz CT molecular complexity index is 354. The van der Waals surface area contributed by atoms with Gasteiger partial charge in [0.15, 0.2) is 5.96 Å².